The van der Waals surface area contributed by atoms with E-state index >= 15 is 0 Å². The van der Waals surface area contributed by atoms with Crippen molar-refractivity contribution >= 4 is 17.5 Å². The normalized spacial score (nSPS) is 16.0. The molecule has 0 spiro atoms. The van der Waals surface area contributed by atoms with Gasteiger partial charge < -0.3 is 10.6 Å². The van der Waals surface area contributed by atoms with Gasteiger partial charge in [0.1, 0.15) is 0 Å². The molecule has 1 atom stereocenters. The molecule has 2 amide bonds. The molecule has 0 saturated carbocycles. The first kappa shape index (κ1) is 14.3. The van der Waals surface area contributed by atoms with Gasteiger partial charge in [-0.2, -0.15) is 0 Å². The van der Waals surface area contributed by atoms with Crippen LogP contribution < -0.4 is 10.6 Å². The number of hydrogen-bond donors (Lipinski definition) is 2. The standard InChI is InChI=1S/C18H18N2O2/c21-17(19-11-10-13-6-2-1-3-7-13)12-15-14-8-4-5-9-16(14)20-18(15)22/h1-9,15H,10-12H2,(H,19,21)(H,20,22). The average Bonchev–Trinajstić information content (AvgIpc) is 2.84. The van der Waals surface area contributed by atoms with Crippen LogP contribution >= 0.6 is 0 Å². The zero-order chi connectivity index (χ0) is 15.4. The van der Waals surface area contributed by atoms with Crippen molar-refractivity contribution in [2.75, 3.05) is 11.9 Å². The Kier molecular flexibility index (Phi) is 4.19. The third-order valence-corrected chi connectivity index (χ3v) is 3.88. The zero-order valence-electron chi connectivity index (χ0n) is 12.2. The van der Waals surface area contributed by atoms with Gasteiger partial charge in [0, 0.05) is 18.7 Å². The monoisotopic (exact) mass is 294 g/mol. The van der Waals surface area contributed by atoms with Crippen LogP contribution in [0, 0.1) is 0 Å². The number of hydrogen-bond acceptors (Lipinski definition) is 2. The van der Waals surface area contributed by atoms with Crippen molar-refractivity contribution in [1.29, 1.82) is 0 Å². The quantitative estimate of drug-likeness (QED) is 0.890. The summed E-state index contributed by atoms with van der Waals surface area (Å²) in [5.74, 6) is -0.569. The van der Waals surface area contributed by atoms with Gasteiger partial charge in [0.05, 0.1) is 5.92 Å². The molecule has 3 rings (SSSR count). The van der Waals surface area contributed by atoms with Gasteiger partial charge in [0.25, 0.3) is 0 Å². The van der Waals surface area contributed by atoms with Crippen LogP contribution in [-0.4, -0.2) is 18.4 Å². The first-order chi connectivity index (χ1) is 10.7. The number of benzene rings is 2. The van der Waals surface area contributed by atoms with Crippen LogP contribution in [0.2, 0.25) is 0 Å². The maximum atomic E-state index is 12.1. The van der Waals surface area contributed by atoms with Gasteiger partial charge in [0.15, 0.2) is 0 Å². The van der Waals surface area contributed by atoms with Crippen molar-refractivity contribution in [2.24, 2.45) is 0 Å². The summed E-state index contributed by atoms with van der Waals surface area (Å²) < 4.78 is 0. The van der Waals surface area contributed by atoms with Gasteiger partial charge in [-0.3, -0.25) is 9.59 Å². The summed E-state index contributed by atoms with van der Waals surface area (Å²) in [6, 6.07) is 17.5. The second-order valence-electron chi connectivity index (χ2n) is 5.42. The van der Waals surface area contributed by atoms with E-state index in [2.05, 4.69) is 10.6 Å². The molecule has 0 fully saturated rings. The van der Waals surface area contributed by atoms with Gasteiger partial charge in [-0.1, -0.05) is 48.5 Å². The minimum Gasteiger partial charge on any atom is -0.356 e. The molecule has 0 radical (unpaired) electrons. The Morgan fingerprint density at radius 3 is 2.59 bits per heavy atom. The molecule has 0 aromatic heterocycles. The predicted octanol–water partition coefficient (Wildman–Crippen LogP) is 2.47. The highest BCUT2D eigenvalue weighted by Gasteiger charge is 2.31. The molecule has 1 aliphatic rings. The molecule has 4 heteroatoms. The van der Waals surface area contributed by atoms with Crippen LogP contribution in [0.15, 0.2) is 54.6 Å². The molecule has 4 nitrogen and oxygen atoms in total. The van der Waals surface area contributed by atoms with Gasteiger partial charge in [-0.25, -0.2) is 0 Å². The molecule has 0 aliphatic carbocycles. The van der Waals surface area contributed by atoms with Crippen LogP contribution in [0.4, 0.5) is 5.69 Å². The van der Waals surface area contributed by atoms with Gasteiger partial charge >= 0.3 is 0 Å². The smallest absolute Gasteiger partial charge is 0.232 e. The third kappa shape index (κ3) is 3.17. The van der Waals surface area contributed by atoms with Crippen LogP contribution in [0.25, 0.3) is 0 Å². The molecule has 1 unspecified atom stereocenters. The fourth-order valence-electron chi connectivity index (χ4n) is 2.73. The van der Waals surface area contributed by atoms with E-state index in [1.54, 1.807) is 0 Å². The van der Waals surface area contributed by atoms with Crippen molar-refractivity contribution in [2.45, 2.75) is 18.8 Å². The lowest BCUT2D eigenvalue weighted by atomic mass is 9.97. The van der Waals surface area contributed by atoms with Crippen molar-refractivity contribution in [3.05, 3.63) is 65.7 Å². The summed E-state index contributed by atoms with van der Waals surface area (Å²) >= 11 is 0. The molecule has 0 saturated heterocycles. The first-order valence-electron chi connectivity index (χ1n) is 7.44. The Morgan fingerprint density at radius 2 is 1.77 bits per heavy atom. The molecular formula is C18H18N2O2. The van der Waals surface area contributed by atoms with E-state index in [4.69, 9.17) is 0 Å². The van der Waals surface area contributed by atoms with Crippen molar-refractivity contribution in [1.82, 2.24) is 5.32 Å². The van der Waals surface area contributed by atoms with E-state index < -0.39 is 0 Å². The Morgan fingerprint density at radius 1 is 1.05 bits per heavy atom. The summed E-state index contributed by atoms with van der Waals surface area (Å²) in [5, 5.41) is 5.71. The van der Waals surface area contributed by atoms with Crippen molar-refractivity contribution in [3.63, 3.8) is 0 Å². The van der Waals surface area contributed by atoms with E-state index in [0.29, 0.717) is 6.54 Å². The topological polar surface area (TPSA) is 58.2 Å². The largest absolute Gasteiger partial charge is 0.356 e. The lowest BCUT2D eigenvalue weighted by Gasteiger charge is -2.09. The summed E-state index contributed by atoms with van der Waals surface area (Å²) in [4.78, 5) is 24.0. The number of carbonyl (C=O) groups is 2. The Hall–Kier alpha value is -2.62. The molecule has 1 heterocycles. The molecular weight excluding hydrogens is 276 g/mol. The fraction of sp³-hybridized carbons (Fsp3) is 0.222. The highest BCUT2D eigenvalue weighted by Crippen LogP contribution is 2.34. The van der Waals surface area contributed by atoms with Crippen LogP contribution in [0.1, 0.15) is 23.5 Å². The number of amides is 2. The Labute approximate surface area is 129 Å². The number of fused-ring (bicyclic) bond motifs is 1. The second-order valence-corrected chi connectivity index (χ2v) is 5.42. The highest BCUT2D eigenvalue weighted by atomic mass is 16.2. The van der Waals surface area contributed by atoms with Gasteiger partial charge in [-0.15, -0.1) is 0 Å². The van der Waals surface area contributed by atoms with E-state index in [9.17, 15) is 9.59 Å². The summed E-state index contributed by atoms with van der Waals surface area (Å²) in [6.45, 7) is 0.582. The van der Waals surface area contributed by atoms with E-state index in [1.165, 1.54) is 5.56 Å². The third-order valence-electron chi connectivity index (χ3n) is 3.88. The summed E-state index contributed by atoms with van der Waals surface area (Å²) in [6.07, 6.45) is 0.984. The van der Waals surface area contributed by atoms with E-state index in [1.807, 2.05) is 54.6 Å². The van der Waals surface area contributed by atoms with Crippen molar-refractivity contribution < 1.29 is 9.59 Å². The molecule has 2 aromatic carbocycles. The molecule has 22 heavy (non-hydrogen) atoms. The lowest BCUT2D eigenvalue weighted by molar-refractivity contribution is -0.125. The number of carbonyl (C=O) groups excluding carboxylic acids is 2. The maximum absolute atomic E-state index is 12.1. The maximum Gasteiger partial charge on any atom is 0.232 e. The first-order valence-corrected chi connectivity index (χ1v) is 7.44. The van der Waals surface area contributed by atoms with Crippen LogP contribution in [0.3, 0.4) is 0 Å². The van der Waals surface area contributed by atoms with Gasteiger partial charge in [-0.05, 0) is 23.6 Å². The van der Waals surface area contributed by atoms with Crippen molar-refractivity contribution in [3.8, 4) is 0 Å². The average molecular weight is 294 g/mol. The van der Waals surface area contributed by atoms with Crippen LogP contribution in [0.5, 0.6) is 0 Å². The number of nitrogens with one attached hydrogen (secondary N) is 2. The summed E-state index contributed by atoms with van der Waals surface area (Å²) in [5.41, 5.74) is 2.91. The van der Waals surface area contributed by atoms with Gasteiger partial charge in [0.2, 0.25) is 11.8 Å². The second kappa shape index (κ2) is 6.43. The molecule has 0 bridgehead atoms. The Bertz CT molecular complexity index is 682. The molecule has 112 valence electrons. The highest BCUT2D eigenvalue weighted by molar-refractivity contribution is 6.04. The Balaban J connectivity index is 1.53. The molecule has 1 aliphatic heterocycles. The minimum absolute atomic E-state index is 0.0900. The van der Waals surface area contributed by atoms with E-state index in [0.717, 1.165) is 17.7 Å². The number of para-hydroxylation sites is 1. The minimum atomic E-state index is -0.382. The fourth-order valence-corrected chi connectivity index (χ4v) is 2.73. The lowest BCUT2D eigenvalue weighted by Crippen LogP contribution is -2.28. The molecule has 2 aromatic rings. The number of anilines is 1. The number of rotatable bonds is 5. The zero-order valence-corrected chi connectivity index (χ0v) is 12.2. The summed E-state index contributed by atoms with van der Waals surface area (Å²) in [7, 11) is 0. The molecule has 2 N–H and O–H groups in total. The SMILES string of the molecule is O=C(CC1C(=O)Nc2ccccc21)NCCc1ccccc1. The predicted molar refractivity (Wildman–Crippen MR) is 85.6 cm³/mol. The van der Waals surface area contributed by atoms with E-state index in [-0.39, 0.29) is 24.2 Å². The van der Waals surface area contributed by atoms with Crippen LogP contribution in [-0.2, 0) is 16.0 Å².